The van der Waals surface area contributed by atoms with Crippen LogP contribution in [0.5, 0.6) is 0 Å². The van der Waals surface area contributed by atoms with Gasteiger partial charge in [-0.05, 0) is 32.0 Å². The fourth-order valence-corrected chi connectivity index (χ4v) is 2.21. The molecule has 2 rings (SSSR count). The molecule has 0 radical (unpaired) electrons. The lowest BCUT2D eigenvalue weighted by molar-refractivity contribution is 0.0701. The summed E-state index contributed by atoms with van der Waals surface area (Å²) in [5, 5.41) is 3.15. The van der Waals surface area contributed by atoms with E-state index in [1.54, 1.807) is 4.90 Å². The van der Waals surface area contributed by atoms with E-state index in [4.69, 9.17) is 0 Å². The van der Waals surface area contributed by atoms with E-state index in [0.717, 1.165) is 18.9 Å². The summed E-state index contributed by atoms with van der Waals surface area (Å²) in [5.41, 5.74) is -0.182. The van der Waals surface area contributed by atoms with Crippen LogP contribution >= 0.6 is 12.4 Å². The van der Waals surface area contributed by atoms with Gasteiger partial charge in [-0.2, -0.15) is 0 Å². The van der Waals surface area contributed by atoms with E-state index < -0.39 is 17.5 Å². The average molecular weight is 291 g/mol. The summed E-state index contributed by atoms with van der Waals surface area (Å²) in [6, 6.07) is 4.09. The van der Waals surface area contributed by atoms with Crippen molar-refractivity contribution in [3.63, 3.8) is 0 Å². The second kappa shape index (κ2) is 6.82. The quantitative estimate of drug-likeness (QED) is 0.906. The number of hydrogen-bond donors (Lipinski definition) is 1. The Kier molecular flexibility index (Phi) is 5.69. The minimum Gasteiger partial charge on any atom is -0.338 e. The van der Waals surface area contributed by atoms with E-state index in [1.807, 2.05) is 7.05 Å². The highest BCUT2D eigenvalue weighted by atomic mass is 35.5. The van der Waals surface area contributed by atoms with Crippen molar-refractivity contribution in [3.8, 4) is 0 Å². The van der Waals surface area contributed by atoms with Gasteiger partial charge < -0.3 is 10.2 Å². The minimum atomic E-state index is -1.06. The maximum atomic E-state index is 13.5. The van der Waals surface area contributed by atoms with Crippen LogP contribution in [-0.2, 0) is 0 Å². The lowest BCUT2D eigenvalue weighted by Crippen LogP contribution is -2.44. The molecule has 6 heteroatoms. The number of nitrogens with zero attached hydrogens (tertiary/aromatic N) is 1. The number of benzene rings is 1. The second-order valence-corrected chi connectivity index (χ2v) is 4.46. The Morgan fingerprint density at radius 2 is 1.95 bits per heavy atom. The van der Waals surface area contributed by atoms with Crippen molar-refractivity contribution in [1.82, 2.24) is 10.2 Å². The van der Waals surface area contributed by atoms with Gasteiger partial charge in [0.25, 0.3) is 5.91 Å². The van der Waals surface area contributed by atoms with Crippen LogP contribution in [0.2, 0.25) is 0 Å². The standard InChI is InChI=1S/C13H16F2N2O.ClH/c1-16-9-5-7-17(8-6-9)13(18)10-3-2-4-11(14)12(10)15;/h2-4,9,16H,5-8H2,1H3;1H. The molecule has 1 fully saturated rings. The molecule has 1 aromatic carbocycles. The highest BCUT2D eigenvalue weighted by Gasteiger charge is 2.25. The smallest absolute Gasteiger partial charge is 0.256 e. The summed E-state index contributed by atoms with van der Waals surface area (Å²) in [6.45, 7) is 1.14. The Bertz CT molecular complexity index is 448. The molecular weight excluding hydrogens is 274 g/mol. The first kappa shape index (κ1) is 15.9. The molecule has 0 bridgehead atoms. The molecule has 19 heavy (non-hydrogen) atoms. The Morgan fingerprint density at radius 1 is 1.32 bits per heavy atom. The van der Waals surface area contributed by atoms with Gasteiger partial charge in [0, 0.05) is 19.1 Å². The third kappa shape index (κ3) is 3.42. The molecule has 1 aliphatic rings. The van der Waals surface area contributed by atoms with Crippen molar-refractivity contribution < 1.29 is 13.6 Å². The summed E-state index contributed by atoms with van der Waals surface area (Å²) in [6.07, 6.45) is 1.67. The zero-order valence-corrected chi connectivity index (χ0v) is 11.5. The van der Waals surface area contributed by atoms with Gasteiger partial charge in [-0.1, -0.05) is 6.07 Å². The molecule has 0 unspecified atom stereocenters. The predicted octanol–water partition coefficient (Wildman–Crippen LogP) is 2.21. The number of piperidine rings is 1. The molecule has 3 nitrogen and oxygen atoms in total. The van der Waals surface area contributed by atoms with Crippen molar-refractivity contribution >= 4 is 18.3 Å². The SMILES string of the molecule is CNC1CCN(C(=O)c2cccc(F)c2F)CC1.Cl. The fourth-order valence-electron chi connectivity index (χ4n) is 2.21. The number of likely N-dealkylation sites (tertiary alicyclic amines) is 1. The van der Waals surface area contributed by atoms with Gasteiger partial charge in [-0.15, -0.1) is 12.4 Å². The Hall–Kier alpha value is -1.20. The number of carbonyl (C=O) groups is 1. The molecule has 1 aliphatic heterocycles. The third-order valence-corrected chi connectivity index (χ3v) is 3.37. The van der Waals surface area contributed by atoms with Crippen molar-refractivity contribution in [2.75, 3.05) is 20.1 Å². The van der Waals surface area contributed by atoms with Gasteiger partial charge in [0.05, 0.1) is 5.56 Å². The number of halogens is 3. The normalized spacial score (nSPS) is 16.1. The number of carbonyl (C=O) groups excluding carboxylic acids is 1. The van der Waals surface area contributed by atoms with Gasteiger partial charge in [0.15, 0.2) is 11.6 Å². The fraction of sp³-hybridized carbons (Fsp3) is 0.462. The van der Waals surface area contributed by atoms with Gasteiger partial charge in [0.2, 0.25) is 0 Å². The van der Waals surface area contributed by atoms with Gasteiger partial charge in [-0.3, -0.25) is 4.79 Å². The predicted molar refractivity (Wildman–Crippen MR) is 71.6 cm³/mol. The first-order valence-corrected chi connectivity index (χ1v) is 6.04. The van der Waals surface area contributed by atoms with Gasteiger partial charge in [0.1, 0.15) is 0 Å². The third-order valence-electron chi connectivity index (χ3n) is 3.37. The van der Waals surface area contributed by atoms with Crippen LogP contribution in [0.15, 0.2) is 18.2 Å². The topological polar surface area (TPSA) is 32.3 Å². The highest BCUT2D eigenvalue weighted by molar-refractivity contribution is 5.94. The molecule has 1 saturated heterocycles. The molecule has 1 aromatic rings. The van der Waals surface area contributed by atoms with Crippen molar-refractivity contribution in [2.45, 2.75) is 18.9 Å². The summed E-state index contributed by atoms with van der Waals surface area (Å²) in [7, 11) is 1.88. The molecule has 0 spiro atoms. The van der Waals surface area contributed by atoms with Gasteiger partial charge in [-0.25, -0.2) is 8.78 Å². The number of amides is 1. The average Bonchev–Trinajstić information content (AvgIpc) is 2.41. The summed E-state index contributed by atoms with van der Waals surface area (Å²) in [5.74, 6) is -2.47. The maximum Gasteiger partial charge on any atom is 0.256 e. The van der Waals surface area contributed by atoms with Crippen LogP contribution in [0, 0.1) is 11.6 Å². The molecule has 1 amide bonds. The molecule has 106 valence electrons. The second-order valence-electron chi connectivity index (χ2n) is 4.46. The number of rotatable bonds is 2. The van der Waals surface area contributed by atoms with Crippen LogP contribution in [0.4, 0.5) is 8.78 Å². The van der Waals surface area contributed by atoms with E-state index in [9.17, 15) is 13.6 Å². The van der Waals surface area contributed by atoms with E-state index in [1.165, 1.54) is 12.1 Å². The van der Waals surface area contributed by atoms with Crippen LogP contribution in [-0.4, -0.2) is 37.0 Å². The molecular formula is C13H17ClF2N2O. The van der Waals surface area contributed by atoms with E-state index in [0.29, 0.717) is 19.1 Å². The number of hydrogen-bond acceptors (Lipinski definition) is 2. The molecule has 0 aliphatic carbocycles. The van der Waals surface area contributed by atoms with Crippen molar-refractivity contribution in [1.29, 1.82) is 0 Å². The molecule has 0 aromatic heterocycles. The monoisotopic (exact) mass is 290 g/mol. The molecule has 1 heterocycles. The van der Waals surface area contributed by atoms with E-state index in [2.05, 4.69) is 5.32 Å². The zero-order valence-electron chi connectivity index (χ0n) is 10.7. The first-order valence-electron chi connectivity index (χ1n) is 6.04. The minimum absolute atomic E-state index is 0. The van der Waals surface area contributed by atoms with E-state index in [-0.39, 0.29) is 18.0 Å². The summed E-state index contributed by atoms with van der Waals surface area (Å²) >= 11 is 0. The Labute approximate surface area is 117 Å². The summed E-state index contributed by atoms with van der Waals surface area (Å²) < 4.78 is 26.6. The molecule has 0 atom stereocenters. The van der Waals surface area contributed by atoms with Gasteiger partial charge >= 0.3 is 0 Å². The lowest BCUT2D eigenvalue weighted by atomic mass is 10.0. The van der Waals surface area contributed by atoms with Crippen LogP contribution in [0.25, 0.3) is 0 Å². The van der Waals surface area contributed by atoms with Crippen LogP contribution in [0.3, 0.4) is 0 Å². The van der Waals surface area contributed by atoms with Crippen molar-refractivity contribution in [2.24, 2.45) is 0 Å². The maximum absolute atomic E-state index is 13.5. The first-order chi connectivity index (χ1) is 8.63. The van der Waals surface area contributed by atoms with Crippen LogP contribution < -0.4 is 5.32 Å². The summed E-state index contributed by atoms with van der Waals surface area (Å²) in [4.78, 5) is 13.6. The molecule has 0 saturated carbocycles. The molecule has 1 N–H and O–H groups in total. The van der Waals surface area contributed by atoms with Crippen LogP contribution in [0.1, 0.15) is 23.2 Å². The van der Waals surface area contributed by atoms with E-state index >= 15 is 0 Å². The largest absolute Gasteiger partial charge is 0.338 e. The number of nitrogens with one attached hydrogen (secondary N) is 1. The Balaban J connectivity index is 0.00000180. The highest BCUT2D eigenvalue weighted by Crippen LogP contribution is 2.17. The Morgan fingerprint density at radius 3 is 2.53 bits per heavy atom. The van der Waals surface area contributed by atoms with Crippen molar-refractivity contribution in [3.05, 3.63) is 35.4 Å². The zero-order chi connectivity index (χ0) is 13.1. The lowest BCUT2D eigenvalue weighted by Gasteiger charge is -2.31.